The number of rotatable bonds is 3. The fourth-order valence-corrected chi connectivity index (χ4v) is 2.52. The second-order valence-electron chi connectivity index (χ2n) is 3.69. The molecular formula is C14H8ClNO2S. The lowest BCUT2D eigenvalue weighted by atomic mass is 10.2. The van der Waals surface area contributed by atoms with Crippen LogP contribution < -0.4 is 0 Å². The van der Waals surface area contributed by atoms with Crippen LogP contribution >= 0.6 is 23.4 Å². The van der Waals surface area contributed by atoms with E-state index < -0.39 is 5.97 Å². The molecular weight excluding hydrogens is 282 g/mol. The number of hydrogen-bond donors (Lipinski definition) is 1. The van der Waals surface area contributed by atoms with Gasteiger partial charge in [0.05, 0.1) is 22.2 Å². The second kappa shape index (κ2) is 5.79. The summed E-state index contributed by atoms with van der Waals surface area (Å²) in [6.45, 7) is 0. The minimum atomic E-state index is -1.05. The Bertz CT molecular complexity index is 662. The first kappa shape index (κ1) is 13.5. The number of benzene rings is 2. The SMILES string of the molecule is N#Cc1ccc(Sc2ccc(Cl)c(C(=O)O)c2)cc1. The summed E-state index contributed by atoms with van der Waals surface area (Å²) < 4.78 is 0. The van der Waals surface area contributed by atoms with Crippen molar-refractivity contribution in [3.05, 3.63) is 58.6 Å². The predicted molar refractivity (Wildman–Crippen MR) is 73.7 cm³/mol. The van der Waals surface area contributed by atoms with Crippen LogP contribution in [0.25, 0.3) is 0 Å². The molecule has 2 aromatic carbocycles. The summed E-state index contributed by atoms with van der Waals surface area (Å²) in [7, 11) is 0. The summed E-state index contributed by atoms with van der Waals surface area (Å²) in [5.74, 6) is -1.05. The molecule has 0 atom stereocenters. The number of halogens is 1. The average Bonchev–Trinajstić information content (AvgIpc) is 2.41. The van der Waals surface area contributed by atoms with E-state index in [4.69, 9.17) is 22.0 Å². The van der Waals surface area contributed by atoms with E-state index in [1.165, 1.54) is 17.8 Å². The van der Waals surface area contributed by atoms with Crippen molar-refractivity contribution in [1.29, 1.82) is 5.26 Å². The number of nitrogens with zero attached hydrogens (tertiary/aromatic N) is 1. The molecule has 0 aliphatic heterocycles. The molecule has 0 saturated heterocycles. The largest absolute Gasteiger partial charge is 0.478 e. The number of carboxylic acids is 1. The number of carbonyl (C=O) groups is 1. The molecule has 0 fully saturated rings. The van der Waals surface area contributed by atoms with Crippen LogP contribution in [-0.2, 0) is 0 Å². The Labute approximate surface area is 119 Å². The van der Waals surface area contributed by atoms with Crippen LogP contribution in [0, 0.1) is 11.3 Å². The lowest BCUT2D eigenvalue weighted by molar-refractivity contribution is 0.0697. The van der Waals surface area contributed by atoms with E-state index in [1.807, 2.05) is 18.2 Å². The molecule has 0 bridgehead atoms. The molecule has 2 rings (SSSR count). The van der Waals surface area contributed by atoms with Gasteiger partial charge in [-0.2, -0.15) is 5.26 Å². The number of carboxylic acid groups (broad SMARTS) is 1. The van der Waals surface area contributed by atoms with Crippen LogP contribution in [0.3, 0.4) is 0 Å². The number of aromatic carboxylic acids is 1. The van der Waals surface area contributed by atoms with E-state index in [9.17, 15) is 4.79 Å². The molecule has 0 amide bonds. The van der Waals surface area contributed by atoms with Crippen LogP contribution in [-0.4, -0.2) is 11.1 Å². The van der Waals surface area contributed by atoms with Crippen molar-refractivity contribution >= 4 is 29.3 Å². The van der Waals surface area contributed by atoms with Gasteiger partial charge in [-0.25, -0.2) is 4.79 Å². The lowest BCUT2D eigenvalue weighted by Crippen LogP contribution is -1.97. The number of nitriles is 1. The average molecular weight is 290 g/mol. The van der Waals surface area contributed by atoms with Crippen LogP contribution in [0.15, 0.2) is 52.3 Å². The van der Waals surface area contributed by atoms with Crippen LogP contribution in [0.5, 0.6) is 0 Å². The van der Waals surface area contributed by atoms with E-state index in [0.29, 0.717) is 5.56 Å². The van der Waals surface area contributed by atoms with Crippen molar-refractivity contribution in [3.8, 4) is 6.07 Å². The summed E-state index contributed by atoms with van der Waals surface area (Å²) in [5, 5.41) is 17.9. The quantitative estimate of drug-likeness (QED) is 0.925. The summed E-state index contributed by atoms with van der Waals surface area (Å²) in [6.07, 6.45) is 0. The van der Waals surface area contributed by atoms with Crippen molar-refractivity contribution in [3.63, 3.8) is 0 Å². The maximum absolute atomic E-state index is 11.0. The van der Waals surface area contributed by atoms with E-state index >= 15 is 0 Å². The van der Waals surface area contributed by atoms with Crippen molar-refractivity contribution in [2.75, 3.05) is 0 Å². The summed E-state index contributed by atoms with van der Waals surface area (Å²) in [6, 6.07) is 14.0. The Kier molecular flexibility index (Phi) is 4.10. The Morgan fingerprint density at radius 1 is 1.16 bits per heavy atom. The monoisotopic (exact) mass is 289 g/mol. The Morgan fingerprint density at radius 2 is 1.79 bits per heavy atom. The van der Waals surface area contributed by atoms with Gasteiger partial charge in [0.25, 0.3) is 0 Å². The third-order valence-electron chi connectivity index (χ3n) is 2.39. The minimum absolute atomic E-state index is 0.0836. The molecule has 0 aliphatic carbocycles. The molecule has 1 N–H and O–H groups in total. The first-order chi connectivity index (χ1) is 9.10. The zero-order valence-corrected chi connectivity index (χ0v) is 11.2. The fraction of sp³-hybridized carbons (Fsp3) is 0. The predicted octanol–water partition coefficient (Wildman–Crippen LogP) is 4.06. The zero-order chi connectivity index (χ0) is 13.8. The zero-order valence-electron chi connectivity index (χ0n) is 9.63. The third kappa shape index (κ3) is 3.28. The Morgan fingerprint density at radius 3 is 2.37 bits per heavy atom. The lowest BCUT2D eigenvalue weighted by Gasteiger charge is -2.04. The molecule has 94 valence electrons. The van der Waals surface area contributed by atoms with Gasteiger partial charge in [-0.3, -0.25) is 0 Å². The van der Waals surface area contributed by atoms with E-state index in [1.54, 1.807) is 24.3 Å². The summed E-state index contributed by atoms with van der Waals surface area (Å²) in [4.78, 5) is 12.7. The Balaban J connectivity index is 2.25. The molecule has 0 unspecified atom stereocenters. The molecule has 19 heavy (non-hydrogen) atoms. The van der Waals surface area contributed by atoms with Gasteiger partial charge in [-0.1, -0.05) is 23.4 Å². The molecule has 0 saturated carbocycles. The van der Waals surface area contributed by atoms with Gasteiger partial charge in [0, 0.05) is 9.79 Å². The highest BCUT2D eigenvalue weighted by Crippen LogP contribution is 2.30. The van der Waals surface area contributed by atoms with Crippen molar-refractivity contribution in [2.45, 2.75) is 9.79 Å². The highest BCUT2D eigenvalue weighted by atomic mass is 35.5. The van der Waals surface area contributed by atoms with Gasteiger partial charge in [-0.15, -0.1) is 0 Å². The summed E-state index contributed by atoms with van der Waals surface area (Å²) in [5.41, 5.74) is 0.673. The standard InChI is InChI=1S/C14H8ClNO2S/c15-13-6-5-11(7-12(13)14(17)18)19-10-3-1-9(8-16)2-4-10/h1-7H,(H,17,18). The third-order valence-corrected chi connectivity index (χ3v) is 3.71. The van der Waals surface area contributed by atoms with Crippen LogP contribution in [0.1, 0.15) is 15.9 Å². The van der Waals surface area contributed by atoms with Gasteiger partial charge in [0.15, 0.2) is 0 Å². The van der Waals surface area contributed by atoms with Gasteiger partial charge in [0.1, 0.15) is 0 Å². The molecule has 0 aliphatic rings. The topological polar surface area (TPSA) is 61.1 Å². The first-order valence-electron chi connectivity index (χ1n) is 5.31. The van der Waals surface area contributed by atoms with Crippen molar-refractivity contribution < 1.29 is 9.90 Å². The molecule has 5 heteroatoms. The van der Waals surface area contributed by atoms with Crippen molar-refractivity contribution in [1.82, 2.24) is 0 Å². The summed E-state index contributed by atoms with van der Waals surface area (Å²) >= 11 is 7.22. The molecule has 3 nitrogen and oxygen atoms in total. The molecule has 0 heterocycles. The highest BCUT2D eigenvalue weighted by Gasteiger charge is 2.10. The maximum Gasteiger partial charge on any atom is 0.337 e. The van der Waals surface area contributed by atoms with Gasteiger partial charge in [0.2, 0.25) is 0 Å². The van der Waals surface area contributed by atoms with Crippen LogP contribution in [0.2, 0.25) is 5.02 Å². The minimum Gasteiger partial charge on any atom is -0.478 e. The molecule has 0 radical (unpaired) electrons. The normalized spacial score (nSPS) is 9.89. The van der Waals surface area contributed by atoms with Crippen LogP contribution in [0.4, 0.5) is 0 Å². The van der Waals surface area contributed by atoms with Gasteiger partial charge < -0.3 is 5.11 Å². The van der Waals surface area contributed by atoms with E-state index in [2.05, 4.69) is 0 Å². The second-order valence-corrected chi connectivity index (χ2v) is 5.24. The highest BCUT2D eigenvalue weighted by molar-refractivity contribution is 7.99. The van der Waals surface area contributed by atoms with E-state index in [0.717, 1.165) is 9.79 Å². The Hall–Kier alpha value is -1.96. The van der Waals surface area contributed by atoms with Crippen molar-refractivity contribution in [2.24, 2.45) is 0 Å². The smallest absolute Gasteiger partial charge is 0.337 e. The number of hydrogen-bond acceptors (Lipinski definition) is 3. The molecule has 2 aromatic rings. The first-order valence-corrected chi connectivity index (χ1v) is 6.50. The molecule has 0 spiro atoms. The van der Waals surface area contributed by atoms with E-state index in [-0.39, 0.29) is 10.6 Å². The van der Waals surface area contributed by atoms with Gasteiger partial charge >= 0.3 is 5.97 Å². The fourth-order valence-electron chi connectivity index (χ4n) is 1.47. The molecule has 0 aromatic heterocycles. The van der Waals surface area contributed by atoms with Gasteiger partial charge in [-0.05, 0) is 42.5 Å². The maximum atomic E-state index is 11.0.